The van der Waals surface area contributed by atoms with E-state index in [2.05, 4.69) is 4.98 Å². The molecule has 0 unspecified atom stereocenters. The minimum absolute atomic E-state index is 0.112. The fraction of sp³-hybridized carbons (Fsp3) is 0.143. The first-order valence-corrected chi connectivity index (χ1v) is 8.22. The van der Waals surface area contributed by atoms with Gasteiger partial charge in [-0.1, -0.05) is 30.3 Å². The molecule has 26 heavy (non-hydrogen) atoms. The van der Waals surface area contributed by atoms with Crippen LogP contribution in [0.25, 0.3) is 0 Å². The maximum Gasteiger partial charge on any atom is 0.259 e. The van der Waals surface area contributed by atoms with Crippen molar-refractivity contribution in [1.82, 2.24) is 4.98 Å². The summed E-state index contributed by atoms with van der Waals surface area (Å²) in [5, 5.41) is 0. The summed E-state index contributed by atoms with van der Waals surface area (Å²) in [5.74, 6) is 1.75. The van der Waals surface area contributed by atoms with Crippen LogP contribution < -0.4 is 14.4 Å². The van der Waals surface area contributed by atoms with Crippen LogP contribution in [0.3, 0.4) is 0 Å². The molecule has 0 N–H and O–H groups in total. The number of carbonyl (C=O) groups excluding carboxylic acids is 1. The van der Waals surface area contributed by atoms with Gasteiger partial charge in [0.15, 0.2) is 11.5 Å². The predicted molar refractivity (Wildman–Crippen MR) is 101 cm³/mol. The van der Waals surface area contributed by atoms with Crippen molar-refractivity contribution in [3.05, 3.63) is 84.1 Å². The van der Waals surface area contributed by atoms with Gasteiger partial charge in [-0.3, -0.25) is 9.69 Å². The number of hydrogen-bond acceptors (Lipinski definition) is 4. The molecule has 0 aliphatic carbocycles. The Balaban J connectivity index is 1.96. The van der Waals surface area contributed by atoms with Gasteiger partial charge in [0.25, 0.3) is 5.91 Å². The Hall–Kier alpha value is -3.34. The standard InChI is InChI=1S/C21H20N2O3/c1-25-18-12-11-16(14-19(18)26-2)15-23(20-10-6-7-13-22-20)21(24)17-8-4-3-5-9-17/h3-14H,15H2,1-2H3. The summed E-state index contributed by atoms with van der Waals surface area (Å²) in [6.45, 7) is 0.366. The van der Waals surface area contributed by atoms with E-state index in [0.717, 1.165) is 5.56 Å². The Morgan fingerprint density at radius 3 is 2.31 bits per heavy atom. The highest BCUT2D eigenvalue weighted by Crippen LogP contribution is 2.29. The first kappa shape index (κ1) is 17.5. The quantitative estimate of drug-likeness (QED) is 0.677. The summed E-state index contributed by atoms with van der Waals surface area (Å²) >= 11 is 0. The van der Waals surface area contributed by atoms with Gasteiger partial charge in [-0.25, -0.2) is 4.98 Å². The van der Waals surface area contributed by atoms with E-state index < -0.39 is 0 Å². The fourth-order valence-corrected chi connectivity index (χ4v) is 2.67. The Labute approximate surface area is 152 Å². The Morgan fingerprint density at radius 2 is 1.65 bits per heavy atom. The predicted octanol–water partition coefficient (Wildman–Crippen LogP) is 3.95. The summed E-state index contributed by atoms with van der Waals surface area (Å²) in [7, 11) is 3.18. The number of methoxy groups -OCH3 is 2. The minimum Gasteiger partial charge on any atom is -0.493 e. The lowest BCUT2D eigenvalue weighted by Gasteiger charge is -2.22. The van der Waals surface area contributed by atoms with E-state index in [1.165, 1.54) is 0 Å². The van der Waals surface area contributed by atoms with E-state index in [-0.39, 0.29) is 5.91 Å². The molecule has 132 valence electrons. The number of ether oxygens (including phenoxy) is 2. The molecule has 2 aromatic carbocycles. The SMILES string of the molecule is COc1ccc(CN(C(=O)c2ccccc2)c2ccccn2)cc1OC. The number of benzene rings is 2. The molecule has 0 aliphatic heterocycles. The molecular weight excluding hydrogens is 328 g/mol. The molecule has 0 radical (unpaired) electrons. The highest BCUT2D eigenvalue weighted by atomic mass is 16.5. The van der Waals surface area contributed by atoms with Crippen molar-refractivity contribution in [2.45, 2.75) is 6.54 Å². The number of anilines is 1. The van der Waals surface area contributed by atoms with Gasteiger partial charge >= 0.3 is 0 Å². The van der Waals surface area contributed by atoms with Crippen LogP contribution in [0.1, 0.15) is 15.9 Å². The van der Waals surface area contributed by atoms with Gasteiger partial charge in [0.2, 0.25) is 0 Å². The van der Waals surface area contributed by atoms with E-state index in [9.17, 15) is 4.79 Å². The van der Waals surface area contributed by atoms with Crippen LogP contribution in [0.4, 0.5) is 5.82 Å². The summed E-state index contributed by atoms with van der Waals surface area (Å²) in [5.41, 5.74) is 1.52. The third-order valence-electron chi connectivity index (χ3n) is 3.98. The van der Waals surface area contributed by atoms with Gasteiger partial charge in [-0.05, 0) is 42.0 Å². The maximum atomic E-state index is 13.1. The smallest absolute Gasteiger partial charge is 0.259 e. The van der Waals surface area contributed by atoms with Crippen molar-refractivity contribution < 1.29 is 14.3 Å². The van der Waals surface area contributed by atoms with Gasteiger partial charge in [-0.2, -0.15) is 0 Å². The zero-order chi connectivity index (χ0) is 18.4. The Kier molecular flexibility index (Phi) is 5.49. The zero-order valence-electron chi connectivity index (χ0n) is 14.8. The summed E-state index contributed by atoms with van der Waals surface area (Å²) in [4.78, 5) is 19.1. The highest BCUT2D eigenvalue weighted by molar-refractivity contribution is 6.05. The number of nitrogens with zero attached hydrogens (tertiary/aromatic N) is 2. The summed E-state index contributed by atoms with van der Waals surface area (Å²) < 4.78 is 10.6. The van der Waals surface area contributed by atoms with Crippen LogP contribution in [0.15, 0.2) is 72.9 Å². The maximum absolute atomic E-state index is 13.1. The van der Waals surface area contributed by atoms with Crippen molar-refractivity contribution in [3.8, 4) is 11.5 Å². The van der Waals surface area contributed by atoms with Crippen molar-refractivity contribution in [2.24, 2.45) is 0 Å². The van der Waals surface area contributed by atoms with Crippen LogP contribution in [0, 0.1) is 0 Å². The highest BCUT2D eigenvalue weighted by Gasteiger charge is 2.19. The molecule has 0 atom stereocenters. The number of hydrogen-bond donors (Lipinski definition) is 0. The van der Waals surface area contributed by atoms with Crippen molar-refractivity contribution in [3.63, 3.8) is 0 Å². The lowest BCUT2D eigenvalue weighted by Crippen LogP contribution is -2.31. The van der Waals surface area contributed by atoms with Crippen molar-refractivity contribution in [1.29, 1.82) is 0 Å². The van der Waals surface area contributed by atoms with Gasteiger partial charge < -0.3 is 9.47 Å². The lowest BCUT2D eigenvalue weighted by atomic mass is 10.1. The molecule has 1 heterocycles. The first-order chi connectivity index (χ1) is 12.7. The second kappa shape index (κ2) is 8.16. The topological polar surface area (TPSA) is 51.7 Å². The monoisotopic (exact) mass is 348 g/mol. The molecule has 0 fully saturated rings. The molecule has 1 aromatic heterocycles. The molecule has 0 spiro atoms. The molecule has 3 rings (SSSR count). The molecule has 3 aromatic rings. The van der Waals surface area contributed by atoms with Crippen LogP contribution in [-0.4, -0.2) is 25.1 Å². The second-order valence-electron chi connectivity index (χ2n) is 5.63. The Morgan fingerprint density at radius 1 is 0.923 bits per heavy atom. The van der Waals surface area contributed by atoms with Crippen LogP contribution >= 0.6 is 0 Å². The largest absolute Gasteiger partial charge is 0.493 e. The van der Waals surface area contributed by atoms with Gasteiger partial charge in [0.1, 0.15) is 5.82 Å². The van der Waals surface area contributed by atoms with Gasteiger partial charge in [-0.15, -0.1) is 0 Å². The van der Waals surface area contributed by atoms with E-state index in [1.807, 2.05) is 54.6 Å². The van der Waals surface area contributed by atoms with Crippen LogP contribution in [0.2, 0.25) is 0 Å². The molecule has 5 heteroatoms. The molecule has 1 amide bonds. The van der Waals surface area contributed by atoms with Crippen LogP contribution in [-0.2, 0) is 6.54 Å². The van der Waals surface area contributed by atoms with Gasteiger partial charge in [0, 0.05) is 11.8 Å². The van der Waals surface area contributed by atoms with Crippen molar-refractivity contribution in [2.75, 3.05) is 19.1 Å². The molecule has 5 nitrogen and oxygen atoms in total. The van der Waals surface area contributed by atoms with E-state index in [1.54, 1.807) is 37.4 Å². The van der Waals surface area contributed by atoms with E-state index in [4.69, 9.17) is 9.47 Å². The number of rotatable bonds is 6. The van der Waals surface area contributed by atoms with Crippen molar-refractivity contribution >= 4 is 11.7 Å². The summed E-state index contributed by atoms with van der Waals surface area (Å²) in [6, 6.07) is 20.3. The molecular formula is C21H20N2O3. The molecule has 0 saturated heterocycles. The molecule has 0 saturated carbocycles. The number of pyridine rings is 1. The third-order valence-corrected chi connectivity index (χ3v) is 3.98. The van der Waals surface area contributed by atoms with E-state index >= 15 is 0 Å². The lowest BCUT2D eigenvalue weighted by molar-refractivity contribution is 0.0984. The van der Waals surface area contributed by atoms with E-state index in [0.29, 0.717) is 29.4 Å². The number of aromatic nitrogens is 1. The minimum atomic E-state index is -0.112. The van der Waals surface area contributed by atoms with Gasteiger partial charge in [0.05, 0.1) is 20.8 Å². The number of amides is 1. The summed E-state index contributed by atoms with van der Waals surface area (Å²) in [6.07, 6.45) is 1.68. The molecule has 0 aliphatic rings. The fourth-order valence-electron chi connectivity index (χ4n) is 2.67. The molecule has 0 bridgehead atoms. The Bertz CT molecular complexity index is 867. The van der Waals surface area contributed by atoms with Crippen LogP contribution in [0.5, 0.6) is 11.5 Å². The normalized spacial score (nSPS) is 10.2. The first-order valence-electron chi connectivity index (χ1n) is 8.22. The number of carbonyl (C=O) groups is 1. The average molecular weight is 348 g/mol. The third kappa shape index (κ3) is 3.83. The second-order valence-corrected chi connectivity index (χ2v) is 5.63. The average Bonchev–Trinajstić information content (AvgIpc) is 2.72. The zero-order valence-corrected chi connectivity index (χ0v) is 14.8.